The molecule has 0 bridgehead atoms. The zero-order chi connectivity index (χ0) is 14.9. The molecule has 0 aliphatic heterocycles. The van der Waals surface area contributed by atoms with Gasteiger partial charge in [0.1, 0.15) is 4.90 Å². The van der Waals surface area contributed by atoms with Crippen LogP contribution in [-0.2, 0) is 10.1 Å². The summed E-state index contributed by atoms with van der Waals surface area (Å²) in [5.41, 5.74) is 1.94. The van der Waals surface area contributed by atoms with E-state index >= 15 is 0 Å². The quantitative estimate of drug-likeness (QED) is 0.519. The smallest absolute Gasteiger partial charge is 0.295 e. The van der Waals surface area contributed by atoms with E-state index in [0.717, 1.165) is 5.56 Å². The van der Waals surface area contributed by atoms with E-state index in [1.807, 2.05) is 0 Å². The van der Waals surface area contributed by atoms with E-state index in [1.54, 1.807) is 30.3 Å². The molecule has 0 saturated heterocycles. The van der Waals surface area contributed by atoms with Crippen LogP contribution < -0.4 is 0 Å². The maximum absolute atomic E-state index is 11.2. The van der Waals surface area contributed by atoms with Crippen LogP contribution in [0.15, 0.2) is 52.3 Å². The molecule has 2 rings (SSSR count). The molecule has 0 saturated carbocycles. The van der Waals surface area contributed by atoms with Crippen molar-refractivity contribution in [3.63, 3.8) is 0 Å². The Hall–Kier alpha value is -1.63. The van der Waals surface area contributed by atoms with Crippen LogP contribution in [0.1, 0.15) is 17.3 Å². The first-order chi connectivity index (χ1) is 9.29. The van der Waals surface area contributed by atoms with Gasteiger partial charge in [0.2, 0.25) is 0 Å². The molecule has 6 heteroatoms. The first kappa shape index (κ1) is 14.8. The van der Waals surface area contributed by atoms with Crippen LogP contribution in [0.2, 0.25) is 0 Å². The summed E-state index contributed by atoms with van der Waals surface area (Å²) in [4.78, 5) is 11.1. The van der Waals surface area contributed by atoms with Crippen LogP contribution >= 0.6 is 12.6 Å². The molecule has 0 aromatic heterocycles. The summed E-state index contributed by atoms with van der Waals surface area (Å²) in [5.74, 6) is -0.0409. The number of carbonyl (C=O) groups excluding carboxylic acids is 1. The van der Waals surface area contributed by atoms with E-state index in [-0.39, 0.29) is 15.6 Å². The molecule has 0 aliphatic rings. The van der Waals surface area contributed by atoms with Gasteiger partial charge in [0.25, 0.3) is 10.1 Å². The number of carbonyl (C=O) groups is 1. The average molecular weight is 308 g/mol. The van der Waals surface area contributed by atoms with Crippen molar-refractivity contribution in [1.29, 1.82) is 0 Å². The van der Waals surface area contributed by atoms with E-state index in [9.17, 15) is 13.2 Å². The largest absolute Gasteiger partial charge is 0.295 e. The lowest BCUT2D eigenvalue weighted by Gasteiger charge is -2.07. The molecule has 2 aromatic rings. The highest BCUT2D eigenvalue weighted by Crippen LogP contribution is 2.27. The van der Waals surface area contributed by atoms with Gasteiger partial charge in [-0.05, 0) is 30.2 Å². The Balaban J connectivity index is 2.51. The van der Waals surface area contributed by atoms with Crippen molar-refractivity contribution in [1.82, 2.24) is 0 Å². The van der Waals surface area contributed by atoms with Crippen molar-refractivity contribution in [2.45, 2.75) is 16.7 Å². The zero-order valence-electron chi connectivity index (χ0n) is 10.6. The molecule has 0 radical (unpaired) electrons. The van der Waals surface area contributed by atoms with Crippen molar-refractivity contribution in [3.8, 4) is 11.1 Å². The van der Waals surface area contributed by atoms with Crippen LogP contribution in [0.4, 0.5) is 0 Å². The molecule has 20 heavy (non-hydrogen) atoms. The molecule has 2 aromatic carbocycles. The third kappa shape index (κ3) is 3.09. The van der Waals surface area contributed by atoms with Crippen molar-refractivity contribution in [2.24, 2.45) is 0 Å². The Morgan fingerprint density at radius 2 is 1.60 bits per heavy atom. The Morgan fingerprint density at radius 3 is 2.10 bits per heavy atom. The van der Waals surface area contributed by atoms with E-state index < -0.39 is 10.1 Å². The predicted octanol–water partition coefficient (Wildman–Crippen LogP) is 3.09. The number of hydrogen-bond acceptors (Lipinski definition) is 4. The lowest BCUT2D eigenvalue weighted by atomic mass is 10.0. The van der Waals surface area contributed by atoms with Gasteiger partial charge in [0.15, 0.2) is 5.78 Å². The molecule has 0 heterocycles. The highest BCUT2D eigenvalue weighted by molar-refractivity contribution is 7.87. The maximum atomic E-state index is 11.2. The minimum atomic E-state index is -4.32. The van der Waals surface area contributed by atoms with Gasteiger partial charge in [-0.3, -0.25) is 9.35 Å². The van der Waals surface area contributed by atoms with Gasteiger partial charge >= 0.3 is 0 Å². The van der Waals surface area contributed by atoms with Crippen molar-refractivity contribution in [2.75, 3.05) is 0 Å². The monoisotopic (exact) mass is 308 g/mol. The number of benzene rings is 2. The van der Waals surface area contributed by atoms with Gasteiger partial charge in [0, 0.05) is 10.5 Å². The predicted molar refractivity (Wildman–Crippen MR) is 78.9 cm³/mol. The van der Waals surface area contributed by atoms with E-state index in [2.05, 4.69) is 12.6 Å². The maximum Gasteiger partial charge on any atom is 0.295 e. The molecule has 0 unspecified atom stereocenters. The highest BCUT2D eigenvalue weighted by Gasteiger charge is 2.14. The topological polar surface area (TPSA) is 71.4 Å². The van der Waals surface area contributed by atoms with Gasteiger partial charge in [-0.15, -0.1) is 12.6 Å². The Labute approximate surface area is 122 Å². The highest BCUT2D eigenvalue weighted by atomic mass is 32.2. The van der Waals surface area contributed by atoms with Crippen molar-refractivity contribution in [3.05, 3.63) is 48.0 Å². The fraction of sp³-hybridized carbons (Fsp3) is 0.0714. The van der Waals surface area contributed by atoms with E-state index in [1.165, 1.54) is 19.1 Å². The van der Waals surface area contributed by atoms with Crippen LogP contribution in [0, 0.1) is 0 Å². The zero-order valence-corrected chi connectivity index (χ0v) is 12.3. The second kappa shape index (κ2) is 5.40. The fourth-order valence-corrected chi connectivity index (χ4v) is 2.89. The summed E-state index contributed by atoms with van der Waals surface area (Å²) < 4.78 is 31.6. The molecule has 4 nitrogen and oxygen atoms in total. The average Bonchev–Trinajstić information content (AvgIpc) is 2.38. The fourth-order valence-electron chi connectivity index (χ4n) is 1.80. The summed E-state index contributed by atoms with van der Waals surface area (Å²) in [6.07, 6.45) is 0. The number of hydrogen-bond donors (Lipinski definition) is 2. The molecule has 0 atom stereocenters. The summed E-state index contributed by atoms with van der Waals surface area (Å²) in [5, 5.41) is 0. The van der Waals surface area contributed by atoms with Crippen LogP contribution in [0.3, 0.4) is 0 Å². The third-order valence-corrected chi connectivity index (χ3v) is 4.30. The number of Topliss-reactive ketones (excluding diaryl/α,β-unsaturated/α-hetero) is 1. The molecule has 1 N–H and O–H groups in total. The Bertz CT molecular complexity index is 762. The minimum absolute atomic E-state index is 0.0409. The SMILES string of the molecule is CC(=O)c1ccc(-c2ccc(S)c(S(=O)(=O)O)c2)cc1. The second-order valence-corrected chi connectivity index (χ2v) is 6.16. The van der Waals surface area contributed by atoms with Crippen LogP contribution in [0.5, 0.6) is 0 Å². The normalized spacial score (nSPS) is 11.3. The lowest BCUT2D eigenvalue weighted by molar-refractivity contribution is 0.101. The van der Waals surface area contributed by atoms with Gasteiger partial charge in [-0.2, -0.15) is 8.42 Å². The van der Waals surface area contributed by atoms with Crippen molar-refractivity contribution < 1.29 is 17.8 Å². The Morgan fingerprint density at radius 1 is 1.05 bits per heavy atom. The molecule has 0 amide bonds. The Kier molecular flexibility index (Phi) is 3.99. The number of thiol groups is 1. The molecular formula is C14H12O4S2. The third-order valence-electron chi connectivity index (χ3n) is 2.86. The van der Waals surface area contributed by atoms with Gasteiger partial charge in [0.05, 0.1) is 0 Å². The molecule has 0 fully saturated rings. The van der Waals surface area contributed by atoms with Gasteiger partial charge in [-0.25, -0.2) is 0 Å². The summed E-state index contributed by atoms with van der Waals surface area (Å²) in [7, 11) is -4.32. The van der Waals surface area contributed by atoms with Crippen molar-refractivity contribution >= 4 is 28.5 Å². The number of rotatable bonds is 3. The second-order valence-electron chi connectivity index (χ2n) is 4.29. The standard InChI is InChI=1S/C14H12O4S2/c1-9(15)10-2-4-11(5-3-10)12-6-7-13(19)14(8-12)20(16,17)18/h2-8,19H,1H3,(H,16,17,18). The summed E-state index contributed by atoms with van der Waals surface area (Å²) in [6, 6.07) is 11.3. The molecule has 104 valence electrons. The van der Waals surface area contributed by atoms with Gasteiger partial charge in [-0.1, -0.05) is 30.3 Å². The van der Waals surface area contributed by atoms with Crippen LogP contribution in [-0.4, -0.2) is 18.8 Å². The summed E-state index contributed by atoms with van der Waals surface area (Å²) in [6.45, 7) is 1.47. The van der Waals surface area contributed by atoms with Crippen LogP contribution in [0.25, 0.3) is 11.1 Å². The molecule has 0 aliphatic carbocycles. The molecular weight excluding hydrogens is 296 g/mol. The van der Waals surface area contributed by atoms with E-state index in [4.69, 9.17) is 4.55 Å². The summed E-state index contributed by atoms with van der Waals surface area (Å²) >= 11 is 4.01. The first-order valence-corrected chi connectivity index (χ1v) is 7.59. The van der Waals surface area contributed by atoms with E-state index in [0.29, 0.717) is 11.1 Å². The molecule has 0 spiro atoms. The minimum Gasteiger partial charge on any atom is -0.295 e. The van der Waals surface area contributed by atoms with Gasteiger partial charge < -0.3 is 0 Å². The number of ketones is 1. The lowest BCUT2D eigenvalue weighted by Crippen LogP contribution is -1.99. The first-order valence-electron chi connectivity index (χ1n) is 5.71.